The van der Waals surface area contributed by atoms with Gasteiger partial charge in [-0.15, -0.1) is 0 Å². The average Bonchev–Trinajstić information content (AvgIpc) is 3.12. The Labute approximate surface area is 110 Å². The second-order valence-electron chi connectivity index (χ2n) is 5.67. The molecule has 3 rings (SSSR count). The van der Waals surface area contributed by atoms with Crippen molar-refractivity contribution in [1.82, 2.24) is 5.32 Å². The van der Waals surface area contributed by atoms with Gasteiger partial charge >= 0.3 is 0 Å². The number of ether oxygens (including phenoxy) is 1. The highest BCUT2D eigenvalue weighted by Gasteiger charge is 2.25. The summed E-state index contributed by atoms with van der Waals surface area (Å²) in [6, 6.07) is 8.92. The van der Waals surface area contributed by atoms with Gasteiger partial charge in [0, 0.05) is 19.8 Å². The van der Waals surface area contributed by atoms with E-state index < -0.39 is 0 Å². The average molecular weight is 245 g/mol. The molecule has 0 bridgehead atoms. The highest BCUT2D eigenvalue weighted by Crippen LogP contribution is 2.41. The van der Waals surface area contributed by atoms with Crippen LogP contribution in [-0.2, 0) is 11.3 Å². The normalized spacial score (nSPS) is 23.4. The maximum absolute atomic E-state index is 5.40. The molecule has 0 aromatic heterocycles. The lowest BCUT2D eigenvalue weighted by atomic mass is 10.0. The minimum absolute atomic E-state index is 0.788. The lowest BCUT2D eigenvalue weighted by Gasteiger charge is -2.11. The SMILES string of the molecule is c1ccc(C2CC2)c(CNCCC2CCOC2)c1. The minimum Gasteiger partial charge on any atom is -0.381 e. The first-order chi connectivity index (χ1) is 8.93. The number of hydrogen-bond acceptors (Lipinski definition) is 2. The lowest BCUT2D eigenvalue weighted by Crippen LogP contribution is -2.18. The van der Waals surface area contributed by atoms with E-state index in [-0.39, 0.29) is 0 Å². The molecule has 1 aromatic rings. The van der Waals surface area contributed by atoms with Crippen molar-refractivity contribution < 1.29 is 4.74 Å². The first-order valence-corrected chi connectivity index (χ1v) is 7.30. The van der Waals surface area contributed by atoms with Crippen LogP contribution in [-0.4, -0.2) is 19.8 Å². The third-order valence-corrected chi connectivity index (χ3v) is 4.14. The van der Waals surface area contributed by atoms with E-state index in [0.29, 0.717) is 0 Å². The second kappa shape index (κ2) is 5.85. The van der Waals surface area contributed by atoms with Gasteiger partial charge in [-0.1, -0.05) is 24.3 Å². The number of hydrogen-bond donors (Lipinski definition) is 1. The van der Waals surface area contributed by atoms with Gasteiger partial charge in [0.2, 0.25) is 0 Å². The number of benzene rings is 1. The molecule has 0 spiro atoms. The van der Waals surface area contributed by atoms with Crippen molar-refractivity contribution in [2.75, 3.05) is 19.8 Å². The van der Waals surface area contributed by atoms with Gasteiger partial charge in [0.1, 0.15) is 0 Å². The Bertz CT molecular complexity index is 380. The predicted octanol–water partition coefficient (Wildman–Crippen LogP) is 3.08. The summed E-state index contributed by atoms with van der Waals surface area (Å²) < 4.78 is 5.40. The topological polar surface area (TPSA) is 21.3 Å². The molecule has 0 radical (unpaired) electrons. The van der Waals surface area contributed by atoms with Crippen LogP contribution in [0.2, 0.25) is 0 Å². The minimum atomic E-state index is 0.788. The quantitative estimate of drug-likeness (QED) is 0.778. The highest BCUT2D eigenvalue weighted by atomic mass is 16.5. The zero-order valence-electron chi connectivity index (χ0n) is 11.0. The molecular weight excluding hydrogens is 222 g/mol. The Hall–Kier alpha value is -0.860. The largest absolute Gasteiger partial charge is 0.381 e. The van der Waals surface area contributed by atoms with Gasteiger partial charge < -0.3 is 10.1 Å². The van der Waals surface area contributed by atoms with Crippen LogP contribution in [0, 0.1) is 5.92 Å². The Morgan fingerprint density at radius 3 is 2.83 bits per heavy atom. The first-order valence-electron chi connectivity index (χ1n) is 7.30. The van der Waals surface area contributed by atoms with E-state index in [4.69, 9.17) is 4.74 Å². The maximum atomic E-state index is 5.40. The fourth-order valence-corrected chi connectivity index (χ4v) is 2.83. The molecule has 2 aliphatic rings. The van der Waals surface area contributed by atoms with Crippen LogP contribution in [0.5, 0.6) is 0 Å². The Kier molecular flexibility index (Phi) is 3.96. The molecule has 1 aromatic carbocycles. The van der Waals surface area contributed by atoms with Crippen LogP contribution in [0.3, 0.4) is 0 Å². The van der Waals surface area contributed by atoms with Gasteiger partial charge in [-0.25, -0.2) is 0 Å². The fourth-order valence-electron chi connectivity index (χ4n) is 2.83. The summed E-state index contributed by atoms with van der Waals surface area (Å²) in [7, 11) is 0. The number of nitrogens with one attached hydrogen (secondary N) is 1. The molecule has 1 heterocycles. The standard InChI is InChI=1S/C16H23NO/c1-2-4-16(14-5-6-14)15(3-1)11-17-9-7-13-8-10-18-12-13/h1-4,13-14,17H,5-12H2. The van der Waals surface area contributed by atoms with Gasteiger partial charge in [-0.05, 0) is 55.2 Å². The van der Waals surface area contributed by atoms with Crippen LogP contribution >= 0.6 is 0 Å². The van der Waals surface area contributed by atoms with E-state index in [1.807, 2.05) is 0 Å². The summed E-state index contributed by atoms with van der Waals surface area (Å²) in [5.74, 6) is 1.64. The third-order valence-electron chi connectivity index (χ3n) is 4.14. The molecular formula is C16H23NO. The van der Waals surface area contributed by atoms with Crippen molar-refractivity contribution in [2.45, 2.75) is 38.1 Å². The maximum Gasteiger partial charge on any atom is 0.0495 e. The van der Waals surface area contributed by atoms with Crippen LogP contribution in [0.15, 0.2) is 24.3 Å². The zero-order valence-corrected chi connectivity index (χ0v) is 11.0. The number of rotatable bonds is 6. The molecule has 1 atom stereocenters. The van der Waals surface area contributed by atoms with Crippen molar-refractivity contribution in [3.05, 3.63) is 35.4 Å². The van der Waals surface area contributed by atoms with E-state index in [1.165, 1.54) is 31.2 Å². The summed E-state index contributed by atoms with van der Waals surface area (Å²) in [5, 5.41) is 3.60. The summed E-state index contributed by atoms with van der Waals surface area (Å²) in [6.45, 7) is 4.09. The van der Waals surface area contributed by atoms with Gasteiger partial charge in [-0.2, -0.15) is 0 Å². The van der Waals surface area contributed by atoms with Crippen LogP contribution in [0.25, 0.3) is 0 Å². The lowest BCUT2D eigenvalue weighted by molar-refractivity contribution is 0.184. The van der Waals surface area contributed by atoms with Crippen LogP contribution in [0.4, 0.5) is 0 Å². The summed E-state index contributed by atoms with van der Waals surface area (Å²) in [5.41, 5.74) is 3.08. The molecule has 2 heteroatoms. The first kappa shape index (κ1) is 12.2. The molecule has 2 nitrogen and oxygen atoms in total. The van der Waals surface area contributed by atoms with Gasteiger partial charge in [0.05, 0.1) is 0 Å². The molecule has 0 amide bonds. The van der Waals surface area contributed by atoms with E-state index in [1.54, 1.807) is 5.56 Å². The summed E-state index contributed by atoms with van der Waals surface area (Å²) >= 11 is 0. The van der Waals surface area contributed by atoms with Crippen molar-refractivity contribution in [1.29, 1.82) is 0 Å². The van der Waals surface area contributed by atoms with E-state index in [2.05, 4.69) is 29.6 Å². The molecule has 18 heavy (non-hydrogen) atoms. The summed E-state index contributed by atoms with van der Waals surface area (Å²) in [6.07, 6.45) is 5.28. The van der Waals surface area contributed by atoms with E-state index in [9.17, 15) is 0 Å². The smallest absolute Gasteiger partial charge is 0.0495 e. The van der Waals surface area contributed by atoms with Gasteiger partial charge in [-0.3, -0.25) is 0 Å². The zero-order chi connectivity index (χ0) is 12.2. The highest BCUT2D eigenvalue weighted by molar-refractivity contribution is 5.33. The van der Waals surface area contributed by atoms with Crippen molar-refractivity contribution in [3.63, 3.8) is 0 Å². The molecule has 1 unspecified atom stereocenters. The molecule has 1 N–H and O–H groups in total. The van der Waals surface area contributed by atoms with Crippen molar-refractivity contribution in [2.24, 2.45) is 5.92 Å². The van der Waals surface area contributed by atoms with E-state index >= 15 is 0 Å². The van der Waals surface area contributed by atoms with E-state index in [0.717, 1.165) is 38.1 Å². The predicted molar refractivity (Wildman–Crippen MR) is 73.7 cm³/mol. The van der Waals surface area contributed by atoms with Gasteiger partial charge in [0.15, 0.2) is 0 Å². The van der Waals surface area contributed by atoms with Crippen molar-refractivity contribution in [3.8, 4) is 0 Å². The molecule has 2 fully saturated rings. The Morgan fingerprint density at radius 2 is 2.06 bits per heavy atom. The Balaban J connectivity index is 1.44. The molecule has 1 saturated heterocycles. The second-order valence-corrected chi connectivity index (χ2v) is 5.67. The fraction of sp³-hybridized carbons (Fsp3) is 0.625. The van der Waals surface area contributed by atoms with Crippen LogP contribution < -0.4 is 5.32 Å². The Morgan fingerprint density at radius 1 is 1.17 bits per heavy atom. The molecule has 1 aliphatic carbocycles. The molecule has 1 saturated carbocycles. The summed E-state index contributed by atoms with van der Waals surface area (Å²) in [4.78, 5) is 0. The van der Waals surface area contributed by atoms with Gasteiger partial charge in [0.25, 0.3) is 0 Å². The van der Waals surface area contributed by atoms with Crippen LogP contribution in [0.1, 0.15) is 42.7 Å². The molecule has 98 valence electrons. The van der Waals surface area contributed by atoms with Crippen molar-refractivity contribution >= 4 is 0 Å². The molecule has 1 aliphatic heterocycles. The monoisotopic (exact) mass is 245 g/mol. The third kappa shape index (κ3) is 3.12.